The number of rotatable bonds is 3. The van der Waals surface area contributed by atoms with E-state index in [0.29, 0.717) is 0 Å². The van der Waals surface area contributed by atoms with Crippen molar-refractivity contribution in [2.45, 2.75) is 16.4 Å². The van der Waals surface area contributed by atoms with Crippen molar-refractivity contribution in [3.05, 3.63) is 54.1 Å². The normalized spacial score (nSPS) is 10.3. The Kier molecular flexibility index (Phi) is 3.49. The van der Waals surface area contributed by atoms with Gasteiger partial charge in [-0.05, 0) is 35.9 Å². The fourth-order valence-corrected chi connectivity index (χ4v) is 2.33. The van der Waals surface area contributed by atoms with E-state index >= 15 is 0 Å². The van der Waals surface area contributed by atoms with Crippen LogP contribution in [0.5, 0.6) is 0 Å². The van der Waals surface area contributed by atoms with Gasteiger partial charge < -0.3 is 10.8 Å². The first-order chi connectivity index (χ1) is 7.79. The third-order valence-corrected chi connectivity index (χ3v) is 3.38. The Balaban J connectivity index is 2.23. The number of nitrogen functional groups attached to an aromatic ring is 1. The first kappa shape index (κ1) is 11.0. The van der Waals surface area contributed by atoms with Crippen molar-refractivity contribution in [3.8, 4) is 0 Å². The van der Waals surface area contributed by atoms with E-state index in [4.69, 9.17) is 5.73 Å². The van der Waals surface area contributed by atoms with E-state index in [-0.39, 0.29) is 6.61 Å². The summed E-state index contributed by atoms with van der Waals surface area (Å²) in [6.07, 6.45) is 0. The van der Waals surface area contributed by atoms with Gasteiger partial charge in [0.15, 0.2) is 0 Å². The van der Waals surface area contributed by atoms with Gasteiger partial charge in [0, 0.05) is 15.5 Å². The number of nitrogens with two attached hydrogens (primary N) is 1. The minimum Gasteiger partial charge on any atom is -0.399 e. The molecule has 16 heavy (non-hydrogen) atoms. The summed E-state index contributed by atoms with van der Waals surface area (Å²) in [7, 11) is 0. The zero-order chi connectivity index (χ0) is 11.4. The molecule has 0 aliphatic rings. The largest absolute Gasteiger partial charge is 0.399 e. The van der Waals surface area contributed by atoms with Gasteiger partial charge in [0.2, 0.25) is 0 Å². The second-order valence-electron chi connectivity index (χ2n) is 3.44. The summed E-state index contributed by atoms with van der Waals surface area (Å²) in [5.41, 5.74) is 7.34. The Morgan fingerprint density at radius 1 is 1.00 bits per heavy atom. The Bertz CT molecular complexity index is 468. The van der Waals surface area contributed by atoms with E-state index in [1.165, 1.54) is 0 Å². The number of benzene rings is 2. The molecule has 0 saturated heterocycles. The minimum absolute atomic E-state index is 0.0676. The number of aliphatic hydroxyl groups is 1. The number of hydrogen-bond donors (Lipinski definition) is 2. The number of aliphatic hydroxyl groups excluding tert-OH is 1. The van der Waals surface area contributed by atoms with E-state index in [0.717, 1.165) is 21.0 Å². The summed E-state index contributed by atoms with van der Waals surface area (Å²) >= 11 is 1.63. The van der Waals surface area contributed by atoms with Gasteiger partial charge in [0.05, 0.1) is 6.61 Å². The molecule has 0 bridgehead atoms. The summed E-state index contributed by atoms with van der Waals surface area (Å²) in [5.74, 6) is 0. The van der Waals surface area contributed by atoms with Crippen molar-refractivity contribution in [2.75, 3.05) is 5.73 Å². The lowest BCUT2D eigenvalue weighted by Gasteiger charge is -2.06. The van der Waals surface area contributed by atoms with Gasteiger partial charge >= 0.3 is 0 Å². The Morgan fingerprint density at radius 3 is 2.38 bits per heavy atom. The average molecular weight is 231 g/mol. The molecule has 0 heterocycles. The third kappa shape index (κ3) is 2.56. The lowest BCUT2D eigenvalue weighted by Crippen LogP contribution is -1.87. The van der Waals surface area contributed by atoms with Crippen molar-refractivity contribution in [3.63, 3.8) is 0 Å². The smallest absolute Gasteiger partial charge is 0.0692 e. The molecule has 2 nitrogen and oxygen atoms in total. The van der Waals surface area contributed by atoms with E-state index in [9.17, 15) is 5.11 Å². The van der Waals surface area contributed by atoms with Gasteiger partial charge in [-0.15, -0.1) is 0 Å². The maximum absolute atomic E-state index is 9.21. The first-order valence-electron chi connectivity index (χ1n) is 5.02. The van der Waals surface area contributed by atoms with Crippen LogP contribution in [-0.2, 0) is 6.61 Å². The van der Waals surface area contributed by atoms with Crippen LogP contribution in [0.15, 0.2) is 58.3 Å². The first-order valence-corrected chi connectivity index (χ1v) is 5.83. The van der Waals surface area contributed by atoms with Crippen molar-refractivity contribution in [1.82, 2.24) is 0 Å². The Labute approximate surface area is 99.1 Å². The molecule has 2 aromatic carbocycles. The number of hydrogen-bond acceptors (Lipinski definition) is 3. The predicted octanol–water partition coefficient (Wildman–Crippen LogP) is 2.91. The molecule has 2 aromatic rings. The molecule has 0 aliphatic carbocycles. The molecular weight excluding hydrogens is 218 g/mol. The van der Waals surface area contributed by atoms with Crippen LogP contribution in [0.3, 0.4) is 0 Å². The highest BCUT2D eigenvalue weighted by molar-refractivity contribution is 7.99. The van der Waals surface area contributed by atoms with Gasteiger partial charge in [0.1, 0.15) is 0 Å². The molecule has 0 saturated carbocycles. The third-order valence-electron chi connectivity index (χ3n) is 2.25. The highest BCUT2D eigenvalue weighted by atomic mass is 32.2. The number of anilines is 1. The van der Waals surface area contributed by atoms with Crippen molar-refractivity contribution < 1.29 is 5.11 Å². The molecular formula is C13H13NOS. The van der Waals surface area contributed by atoms with Gasteiger partial charge in [-0.1, -0.05) is 30.0 Å². The molecule has 0 unspecified atom stereocenters. The topological polar surface area (TPSA) is 46.2 Å². The van der Waals surface area contributed by atoms with E-state index in [1.54, 1.807) is 11.8 Å². The summed E-state index contributed by atoms with van der Waals surface area (Å²) in [6.45, 7) is 0.0676. The molecule has 0 atom stereocenters. The minimum atomic E-state index is 0.0676. The molecule has 0 fully saturated rings. The zero-order valence-electron chi connectivity index (χ0n) is 8.76. The maximum Gasteiger partial charge on any atom is 0.0692 e. The summed E-state index contributed by atoms with van der Waals surface area (Å²) in [4.78, 5) is 2.20. The fourth-order valence-electron chi connectivity index (χ4n) is 1.40. The van der Waals surface area contributed by atoms with E-state index in [2.05, 4.69) is 0 Å². The van der Waals surface area contributed by atoms with Gasteiger partial charge in [0.25, 0.3) is 0 Å². The Hall–Kier alpha value is -1.45. The highest BCUT2D eigenvalue weighted by Gasteiger charge is 2.02. The monoisotopic (exact) mass is 231 g/mol. The molecule has 0 aliphatic heterocycles. The van der Waals surface area contributed by atoms with Crippen LogP contribution in [0.1, 0.15) is 5.56 Å². The molecule has 3 N–H and O–H groups in total. The standard InChI is InChI=1S/C13H13NOS/c14-11-5-7-12(8-6-11)16-13-4-2-1-3-10(13)9-15/h1-8,15H,9,14H2. The maximum atomic E-state index is 9.21. The second kappa shape index (κ2) is 5.05. The molecule has 0 spiro atoms. The van der Waals surface area contributed by atoms with Gasteiger partial charge in [-0.25, -0.2) is 0 Å². The molecule has 0 amide bonds. The predicted molar refractivity (Wildman–Crippen MR) is 67.3 cm³/mol. The summed E-state index contributed by atoms with van der Waals surface area (Å²) < 4.78 is 0. The molecule has 0 aromatic heterocycles. The molecule has 2 rings (SSSR count). The Morgan fingerprint density at radius 2 is 1.69 bits per heavy atom. The molecule has 0 radical (unpaired) electrons. The fraction of sp³-hybridized carbons (Fsp3) is 0.0769. The van der Waals surface area contributed by atoms with Gasteiger partial charge in [-0.2, -0.15) is 0 Å². The zero-order valence-corrected chi connectivity index (χ0v) is 9.58. The van der Waals surface area contributed by atoms with Gasteiger partial charge in [-0.3, -0.25) is 0 Å². The highest BCUT2D eigenvalue weighted by Crippen LogP contribution is 2.30. The average Bonchev–Trinajstić information content (AvgIpc) is 2.33. The van der Waals surface area contributed by atoms with Crippen molar-refractivity contribution in [1.29, 1.82) is 0 Å². The van der Waals surface area contributed by atoms with Crippen LogP contribution in [-0.4, -0.2) is 5.11 Å². The summed E-state index contributed by atoms with van der Waals surface area (Å²) in [6, 6.07) is 15.6. The second-order valence-corrected chi connectivity index (χ2v) is 4.55. The van der Waals surface area contributed by atoms with Crippen LogP contribution < -0.4 is 5.73 Å². The molecule has 3 heteroatoms. The lowest BCUT2D eigenvalue weighted by molar-refractivity contribution is 0.279. The summed E-state index contributed by atoms with van der Waals surface area (Å²) in [5, 5.41) is 9.21. The van der Waals surface area contributed by atoms with Crippen LogP contribution >= 0.6 is 11.8 Å². The van der Waals surface area contributed by atoms with E-state index in [1.807, 2.05) is 48.5 Å². The van der Waals surface area contributed by atoms with Crippen molar-refractivity contribution in [2.24, 2.45) is 0 Å². The van der Waals surface area contributed by atoms with E-state index < -0.39 is 0 Å². The van der Waals surface area contributed by atoms with Crippen LogP contribution in [0, 0.1) is 0 Å². The van der Waals surface area contributed by atoms with Crippen LogP contribution in [0.2, 0.25) is 0 Å². The van der Waals surface area contributed by atoms with Crippen LogP contribution in [0.4, 0.5) is 5.69 Å². The lowest BCUT2D eigenvalue weighted by atomic mass is 10.2. The molecule has 82 valence electrons. The van der Waals surface area contributed by atoms with Crippen LogP contribution in [0.25, 0.3) is 0 Å². The van der Waals surface area contributed by atoms with Crippen molar-refractivity contribution >= 4 is 17.4 Å². The SMILES string of the molecule is Nc1ccc(Sc2ccccc2CO)cc1. The quantitative estimate of drug-likeness (QED) is 0.798.